The Bertz CT molecular complexity index is 888. The van der Waals surface area contributed by atoms with E-state index in [0.29, 0.717) is 6.04 Å². The van der Waals surface area contributed by atoms with E-state index in [-0.39, 0.29) is 11.7 Å². The van der Waals surface area contributed by atoms with E-state index in [9.17, 15) is 4.79 Å². The van der Waals surface area contributed by atoms with Crippen molar-refractivity contribution in [3.8, 4) is 11.1 Å². The number of benzene rings is 2. The molecular formula is C20H21N5OS. The number of carbonyl (C=O) groups is 1. The summed E-state index contributed by atoms with van der Waals surface area (Å²) in [6.07, 6.45) is 4.65. The highest BCUT2D eigenvalue weighted by Crippen LogP contribution is 2.31. The summed E-state index contributed by atoms with van der Waals surface area (Å²) < 4.78 is 1.87. The average Bonchev–Trinajstić information content (AvgIpc) is 3.39. The lowest BCUT2D eigenvalue weighted by Gasteiger charge is -2.11. The second-order valence-corrected chi connectivity index (χ2v) is 7.57. The summed E-state index contributed by atoms with van der Waals surface area (Å²) in [5, 5.41) is 15.6. The van der Waals surface area contributed by atoms with Crippen LogP contribution in [0, 0.1) is 0 Å². The van der Waals surface area contributed by atoms with Gasteiger partial charge in [0, 0.05) is 5.69 Å². The Morgan fingerprint density at radius 1 is 1.04 bits per heavy atom. The fourth-order valence-corrected chi connectivity index (χ4v) is 4.11. The number of thioether (sulfide) groups is 1. The first-order valence-corrected chi connectivity index (χ1v) is 10.1. The van der Waals surface area contributed by atoms with E-state index in [1.165, 1.54) is 24.6 Å². The van der Waals surface area contributed by atoms with Crippen molar-refractivity contribution < 1.29 is 4.79 Å². The molecule has 4 rings (SSSR count). The summed E-state index contributed by atoms with van der Waals surface area (Å²) in [5.41, 5.74) is 3.07. The summed E-state index contributed by atoms with van der Waals surface area (Å²) in [6, 6.07) is 18.4. The summed E-state index contributed by atoms with van der Waals surface area (Å²) in [4.78, 5) is 12.3. The largest absolute Gasteiger partial charge is 0.325 e. The quantitative estimate of drug-likeness (QED) is 0.650. The second-order valence-electron chi connectivity index (χ2n) is 6.62. The van der Waals surface area contributed by atoms with E-state index in [2.05, 4.69) is 33.0 Å². The van der Waals surface area contributed by atoms with Crippen LogP contribution in [0.15, 0.2) is 59.8 Å². The van der Waals surface area contributed by atoms with Crippen LogP contribution in [0.5, 0.6) is 0 Å². The molecule has 1 fully saturated rings. The lowest BCUT2D eigenvalue weighted by Crippen LogP contribution is -2.15. The highest BCUT2D eigenvalue weighted by atomic mass is 32.2. The van der Waals surface area contributed by atoms with Crippen LogP contribution < -0.4 is 5.32 Å². The molecule has 1 saturated carbocycles. The standard InChI is InChI=1S/C20H21N5OS/c26-19(14-27-20-22-23-24-25(20)18-8-4-5-9-18)21-17-12-10-16(11-13-17)15-6-2-1-3-7-15/h1-3,6-7,10-13,18H,4-5,8-9,14H2,(H,21,26). The van der Waals surface area contributed by atoms with Gasteiger partial charge in [0.1, 0.15) is 0 Å². The molecule has 1 heterocycles. The number of amides is 1. The minimum Gasteiger partial charge on any atom is -0.325 e. The number of nitrogens with zero attached hydrogens (tertiary/aromatic N) is 4. The van der Waals surface area contributed by atoms with E-state index >= 15 is 0 Å². The van der Waals surface area contributed by atoms with E-state index in [1.807, 2.05) is 47.1 Å². The molecule has 27 heavy (non-hydrogen) atoms. The van der Waals surface area contributed by atoms with Gasteiger partial charge in [0.15, 0.2) is 0 Å². The second kappa shape index (κ2) is 8.35. The third-order valence-electron chi connectivity index (χ3n) is 4.74. The van der Waals surface area contributed by atoms with Gasteiger partial charge in [-0.25, -0.2) is 4.68 Å². The molecule has 1 aromatic heterocycles. The molecule has 7 heteroatoms. The molecule has 138 valence electrons. The van der Waals surface area contributed by atoms with Crippen LogP contribution in [0.2, 0.25) is 0 Å². The molecule has 0 bridgehead atoms. The Morgan fingerprint density at radius 2 is 1.74 bits per heavy atom. The van der Waals surface area contributed by atoms with Crippen molar-refractivity contribution in [1.82, 2.24) is 20.2 Å². The molecule has 6 nitrogen and oxygen atoms in total. The molecule has 0 atom stereocenters. The number of rotatable bonds is 6. The third kappa shape index (κ3) is 4.36. The Hall–Kier alpha value is -2.67. The van der Waals surface area contributed by atoms with Gasteiger partial charge in [0.05, 0.1) is 11.8 Å². The number of nitrogens with one attached hydrogen (secondary N) is 1. The molecular weight excluding hydrogens is 358 g/mol. The number of hydrogen-bond acceptors (Lipinski definition) is 5. The lowest BCUT2D eigenvalue weighted by atomic mass is 10.1. The smallest absolute Gasteiger partial charge is 0.234 e. The Kier molecular flexibility index (Phi) is 5.48. The van der Waals surface area contributed by atoms with Crippen LogP contribution in [0.3, 0.4) is 0 Å². The number of tetrazole rings is 1. The van der Waals surface area contributed by atoms with Crippen molar-refractivity contribution >= 4 is 23.4 Å². The normalized spacial score (nSPS) is 14.4. The fourth-order valence-electron chi connectivity index (χ4n) is 3.36. The van der Waals surface area contributed by atoms with Gasteiger partial charge in [-0.05, 0) is 46.5 Å². The van der Waals surface area contributed by atoms with Crippen LogP contribution in [0.4, 0.5) is 5.69 Å². The molecule has 1 aliphatic rings. The van der Waals surface area contributed by atoms with Crippen LogP contribution >= 0.6 is 11.8 Å². The molecule has 1 aliphatic carbocycles. The van der Waals surface area contributed by atoms with Gasteiger partial charge in [0.2, 0.25) is 11.1 Å². The summed E-state index contributed by atoms with van der Waals surface area (Å²) in [5.74, 6) is 0.224. The van der Waals surface area contributed by atoms with Crippen LogP contribution in [-0.4, -0.2) is 31.9 Å². The van der Waals surface area contributed by atoms with Gasteiger partial charge in [-0.2, -0.15) is 0 Å². The molecule has 1 N–H and O–H groups in total. The monoisotopic (exact) mass is 379 g/mol. The maximum absolute atomic E-state index is 12.3. The Balaban J connectivity index is 1.33. The Labute approximate surface area is 162 Å². The van der Waals surface area contributed by atoms with Crippen LogP contribution in [0.25, 0.3) is 11.1 Å². The minimum atomic E-state index is -0.0616. The number of carbonyl (C=O) groups excluding carboxylic acids is 1. The molecule has 0 radical (unpaired) electrons. The van der Waals surface area contributed by atoms with Crippen molar-refractivity contribution in [1.29, 1.82) is 0 Å². The van der Waals surface area contributed by atoms with Gasteiger partial charge < -0.3 is 5.32 Å². The minimum absolute atomic E-state index is 0.0616. The zero-order valence-electron chi connectivity index (χ0n) is 14.9. The van der Waals surface area contributed by atoms with Crippen molar-refractivity contribution in [2.24, 2.45) is 0 Å². The predicted molar refractivity (Wildman–Crippen MR) is 107 cm³/mol. The van der Waals surface area contributed by atoms with Crippen LogP contribution in [-0.2, 0) is 4.79 Å². The third-order valence-corrected chi connectivity index (χ3v) is 5.67. The Morgan fingerprint density at radius 3 is 2.48 bits per heavy atom. The maximum Gasteiger partial charge on any atom is 0.234 e. The van der Waals surface area contributed by atoms with Crippen molar-refractivity contribution in [3.05, 3.63) is 54.6 Å². The first-order valence-electron chi connectivity index (χ1n) is 9.15. The maximum atomic E-state index is 12.3. The molecule has 0 unspecified atom stereocenters. The van der Waals surface area contributed by atoms with E-state index < -0.39 is 0 Å². The highest BCUT2D eigenvalue weighted by Gasteiger charge is 2.22. The predicted octanol–water partition coefficient (Wildman–Crippen LogP) is 4.19. The van der Waals surface area contributed by atoms with Crippen molar-refractivity contribution in [2.45, 2.75) is 36.9 Å². The van der Waals surface area contributed by atoms with E-state index in [4.69, 9.17) is 0 Å². The highest BCUT2D eigenvalue weighted by molar-refractivity contribution is 7.99. The van der Waals surface area contributed by atoms with Gasteiger partial charge in [-0.1, -0.05) is 67.1 Å². The summed E-state index contributed by atoms with van der Waals surface area (Å²) >= 11 is 1.38. The molecule has 1 amide bonds. The number of anilines is 1. The number of aromatic nitrogens is 4. The zero-order valence-corrected chi connectivity index (χ0v) is 15.7. The molecule has 0 aliphatic heterocycles. The van der Waals surface area contributed by atoms with Crippen molar-refractivity contribution in [3.63, 3.8) is 0 Å². The first kappa shape index (κ1) is 17.7. The molecule has 3 aromatic rings. The molecule has 0 spiro atoms. The number of hydrogen-bond donors (Lipinski definition) is 1. The zero-order chi connectivity index (χ0) is 18.5. The molecule has 0 saturated heterocycles. The summed E-state index contributed by atoms with van der Waals surface area (Å²) in [6.45, 7) is 0. The first-order chi connectivity index (χ1) is 13.3. The van der Waals surface area contributed by atoms with Gasteiger partial charge in [0.25, 0.3) is 0 Å². The van der Waals surface area contributed by atoms with Crippen molar-refractivity contribution in [2.75, 3.05) is 11.1 Å². The average molecular weight is 379 g/mol. The lowest BCUT2D eigenvalue weighted by molar-refractivity contribution is -0.113. The fraction of sp³-hybridized carbons (Fsp3) is 0.300. The summed E-state index contributed by atoms with van der Waals surface area (Å²) in [7, 11) is 0. The SMILES string of the molecule is O=C(CSc1nnnn1C1CCCC1)Nc1ccc(-c2ccccc2)cc1. The van der Waals surface area contributed by atoms with Gasteiger partial charge in [-0.15, -0.1) is 5.10 Å². The van der Waals surface area contributed by atoms with Gasteiger partial charge in [-0.3, -0.25) is 4.79 Å². The van der Waals surface area contributed by atoms with E-state index in [0.717, 1.165) is 34.8 Å². The molecule has 2 aromatic carbocycles. The van der Waals surface area contributed by atoms with E-state index in [1.54, 1.807) is 0 Å². The van der Waals surface area contributed by atoms with Gasteiger partial charge >= 0.3 is 0 Å². The van der Waals surface area contributed by atoms with Crippen LogP contribution in [0.1, 0.15) is 31.7 Å². The topological polar surface area (TPSA) is 72.7 Å².